The van der Waals surface area contributed by atoms with Crippen molar-refractivity contribution in [3.8, 4) is 11.5 Å². The number of nitrogens with one attached hydrogen (secondary N) is 1. The van der Waals surface area contributed by atoms with Crippen LogP contribution in [-0.2, 0) is 18.4 Å². The van der Waals surface area contributed by atoms with Gasteiger partial charge in [-0.2, -0.15) is 0 Å². The van der Waals surface area contributed by atoms with Crippen LogP contribution in [0.15, 0.2) is 47.3 Å². The maximum absolute atomic E-state index is 12.4. The fraction of sp³-hybridized carbons (Fsp3) is 0.263. The van der Waals surface area contributed by atoms with Crippen LogP contribution in [0.25, 0.3) is 11.0 Å². The predicted molar refractivity (Wildman–Crippen MR) is 100.0 cm³/mol. The lowest BCUT2D eigenvalue weighted by atomic mass is 10.2. The number of aryl methyl sites for hydroxylation is 2. The lowest BCUT2D eigenvalue weighted by Gasteiger charge is -2.10. The summed E-state index contributed by atoms with van der Waals surface area (Å²) in [6.45, 7) is 0.305. The van der Waals surface area contributed by atoms with Crippen molar-refractivity contribution < 1.29 is 14.3 Å². The monoisotopic (exact) mass is 355 g/mol. The Bertz CT molecular complexity index is 1000. The van der Waals surface area contributed by atoms with Crippen LogP contribution in [0.1, 0.15) is 6.42 Å². The van der Waals surface area contributed by atoms with E-state index in [-0.39, 0.29) is 18.0 Å². The highest BCUT2D eigenvalue weighted by Crippen LogP contribution is 2.29. The summed E-state index contributed by atoms with van der Waals surface area (Å²) in [6, 6.07) is 12.7. The zero-order chi connectivity index (χ0) is 18.7. The molecule has 0 spiro atoms. The second-order valence-corrected chi connectivity index (χ2v) is 5.85. The van der Waals surface area contributed by atoms with Gasteiger partial charge in [-0.05, 0) is 24.3 Å². The van der Waals surface area contributed by atoms with Gasteiger partial charge in [0, 0.05) is 31.8 Å². The van der Waals surface area contributed by atoms with Crippen LogP contribution in [0.3, 0.4) is 0 Å². The van der Waals surface area contributed by atoms with Crippen LogP contribution in [0.5, 0.6) is 11.5 Å². The lowest BCUT2D eigenvalue weighted by molar-refractivity contribution is -0.116. The molecule has 0 atom stereocenters. The van der Waals surface area contributed by atoms with E-state index in [2.05, 4.69) is 5.32 Å². The molecule has 2 aromatic carbocycles. The molecule has 0 bridgehead atoms. The quantitative estimate of drug-likeness (QED) is 0.737. The maximum atomic E-state index is 12.4. The molecule has 0 unspecified atom stereocenters. The lowest BCUT2D eigenvalue weighted by Crippen LogP contribution is -2.24. The molecule has 1 heterocycles. The molecule has 3 aromatic rings. The van der Waals surface area contributed by atoms with Crippen molar-refractivity contribution in [3.05, 3.63) is 52.9 Å². The fourth-order valence-corrected chi connectivity index (χ4v) is 2.93. The number of benzene rings is 2. The molecule has 0 radical (unpaired) electrons. The number of methoxy groups -OCH3 is 2. The summed E-state index contributed by atoms with van der Waals surface area (Å²) in [7, 11) is 4.82. The van der Waals surface area contributed by atoms with E-state index in [0.29, 0.717) is 23.7 Å². The van der Waals surface area contributed by atoms with E-state index in [4.69, 9.17) is 9.47 Å². The highest BCUT2D eigenvalue weighted by Gasteiger charge is 2.12. The smallest absolute Gasteiger partial charge is 0.328 e. The average molecular weight is 355 g/mol. The minimum absolute atomic E-state index is 0.134. The van der Waals surface area contributed by atoms with Crippen LogP contribution in [0.2, 0.25) is 0 Å². The van der Waals surface area contributed by atoms with Crippen molar-refractivity contribution in [2.45, 2.75) is 13.0 Å². The highest BCUT2D eigenvalue weighted by atomic mass is 16.5. The van der Waals surface area contributed by atoms with Gasteiger partial charge in [-0.3, -0.25) is 13.9 Å². The average Bonchev–Trinajstić information content (AvgIpc) is 2.90. The summed E-state index contributed by atoms with van der Waals surface area (Å²) in [5, 5.41) is 2.82. The zero-order valence-electron chi connectivity index (χ0n) is 15.0. The second-order valence-electron chi connectivity index (χ2n) is 5.85. The van der Waals surface area contributed by atoms with E-state index in [9.17, 15) is 9.59 Å². The SMILES string of the molecule is COc1ccc(NC(=O)CCn2c(=O)n(C)c3ccccc32)cc1OC. The van der Waals surface area contributed by atoms with Gasteiger partial charge in [-0.1, -0.05) is 12.1 Å². The number of nitrogens with zero attached hydrogens (tertiary/aromatic N) is 2. The van der Waals surface area contributed by atoms with E-state index in [0.717, 1.165) is 11.0 Å². The Morgan fingerprint density at radius 2 is 1.73 bits per heavy atom. The summed E-state index contributed by atoms with van der Waals surface area (Å²) in [5.41, 5.74) is 2.14. The molecule has 0 saturated carbocycles. The van der Waals surface area contributed by atoms with E-state index in [1.54, 1.807) is 41.5 Å². The van der Waals surface area contributed by atoms with E-state index < -0.39 is 0 Å². The first-order chi connectivity index (χ1) is 12.5. The van der Waals surface area contributed by atoms with Crippen molar-refractivity contribution in [2.75, 3.05) is 19.5 Å². The van der Waals surface area contributed by atoms with Gasteiger partial charge in [0.1, 0.15) is 0 Å². The van der Waals surface area contributed by atoms with Crippen LogP contribution in [0, 0.1) is 0 Å². The second kappa shape index (κ2) is 7.35. The third kappa shape index (κ3) is 3.28. The van der Waals surface area contributed by atoms with E-state index in [1.807, 2.05) is 24.3 Å². The molecule has 1 amide bonds. The molecule has 0 aliphatic rings. The number of carbonyl (C=O) groups is 1. The molecule has 1 aromatic heterocycles. The molecule has 136 valence electrons. The number of imidazole rings is 1. The molecule has 0 aliphatic carbocycles. The first-order valence-electron chi connectivity index (χ1n) is 8.21. The Morgan fingerprint density at radius 1 is 1.04 bits per heavy atom. The first kappa shape index (κ1) is 17.6. The molecule has 7 heteroatoms. The highest BCUT2D eigenvalue weighted by molar-refractivity contribution is 5.91. The Balaban J connectivity index is 1.72. The van der Waals surface area contributed by atoms with Gasteiger partial charge >= 0.3 is 5.69 Å². The van der Waals surface area contributed by atoms with Gasteiger partial charge in [0.2, 0.25) is 5.91 Å². The number of ether oxygens (including phenoxy) is 2. The molecule has 0 aliphatic heterocycles. The number of aromatic nitrogens is 2. The Labute approximate surface area is 150 Å². The largest absolute Gasteiger partial charge is 0.493 e. The predicted octanol–water partition coefficient (Wildman–Crippen LogP) is 2.39. The molecule has 0 saturated heterocycles. The molecule has 26 heavy (non-hydrogen) atoms. The standard InChI is InChI=1S/C19H21N3O4/c1-21-14-6-4-5-7-15(14)22(19(21)24)11-10-18(23)20-13-8-9-16(25-2)17(12-13)26-3/h4-9,12H,10-11H2,1-3H3,(H,20,23). The molecule has 1 N–H and O–H groups in total. The van der Waals surface area contributed by atoms with Crippen molar-refractivity contribution in [2.24, 2.45) is 7.05 Å². The first-order valence-corrected chi connectivity index (χ1v) is 8.21. The van der Waals surface area contributed by atoms with Gasteiger partial charge in [0.05, 0.1) is 25.3 Å². The summed E-state index contributed by atoms with van der Waals surface area (Å²) in [4.78, 5) is 24.7. The Hall–Kier alpha value is -3.22. The molecular formula is C19H21N3O4. The van der Waals surface area contributed by atoms with Gasteiger partial charge in [-0.25, -0.2) is 4.79 Å². The number of anilines is 1. The topological polar surface area (TPSA) is 74.5 Å². The van der Waals surface area contributed by atoms with Gasteiger partial charge in [0.25, 0.3) is 0 Å². The minimum atomic E-state index is -0.183. The van der Waals surface area contributed by atoms with Crippen LogP contribution in [0.4, 0.5) is 5.69 Å². The summed E-state index contributed by atoms with van der Waals surface area (Å²) in [6.07, 6.45) is 0.183. The number of rotatable bonds is 6. The molecule has 3 rings (SSSR count). The van der Waals surface area contributed by atoms with Crippen molar-refractivity contribution in [1.29, 1.82) is 0 Å². The van der Waals surface area contributed by atoms with E-state index >= 15 is 0 Å². The number of hydrogen-bond donors (Lipinski definition) is 1. The fourth-order valence-electron chi connectivity index (χ4n) is 2.93. The number of fused-ring (bicyclic) bond motifs is 1. The minimum Gasteiger partial charge on any atom is -0.493 e. The molecule has 0 fully saturated rings. The summed E-state index contributed by atoms with van der Waals surface area (Å²) >= 11 is 0. The van der Waals surface area contributed by atoms with Crippen molar-refractivity contribution in [3.63, 3.8) is 0 Å². The van der Waals surface area contributed by atoms with Gasteiger partial charge in [0.15, 0.2) is 11.5 Å². The van der Waals surface area contributed by atoms with E-state index in [1.165, 1.54) is 7.11 Å². The molecular weight excluding hydrogens is 334 g/mol. The van der Waals surface area contributed by atoms with Gasteiger partial charge in [-0.15, -0.1) is 0 Å². The molecule has 7 nitrogen and oxygen atoms in total. The summed E-state index contributed by atoms with van der Waals surface area (Å²) in [5.74, 6) is 0.945. The van der Waals surface area contributed by atoms with Crippen LogP contribution in [-0.4, -0.2) is 29.3 Å². The maximum Gasteiger partial charge on any atom is 0.328 e. The van der Waals surface area contributed by atoms with Crippen molar-refractivity contribution in [1.82, 2.24) is 9.13 Å². The zero-order valence-corrected chi connectivity index (χ0v) is 15.0. The van der Waals surface area contributed by atoms with Crippen molar-refractivity contribution >= 4 is 22.6 Å². The number of hydrogen-bond acceptors (Lipinski definition) is 4. The Kier molecular flexibility index (Phi) is 4.97. The normalized spacial score (nSPS) is 10.7. The Morgan fingerprint density at radius 3 is 2.42 bits per heavy atom. The van der Waals surface area contributed by atoms with Crippen LogP contribution >= 0.6 is 0 Å². The third-order valence-electron chi connectivity index (χ3n) is 4.28. The third-order valence-corrected chi connectivity index (χ3v) is 4.28. The number of amides is 1. The van der Waals surface area contributed by atoms with Crippen LogP contribution < -0.4 is 20.5 Å². The number of para-hydroxylation sites is 2. The number of carbonyl (C=O) groups excluding carboxylic acids is 1. The van der Waals surface area contributed by atoms with Gasteiger partial charge < -0.3 is 14.8 Å². The summed E-state index contributed by atoms with van der Waals surface area (Å²) < 4.78 is 13.6.